The van der Waals surface area contributed by atoms with Crippen LogP contribution in [0.4, 0.5) is 0 Å². The van der Waals surface area contributed by atoms with E-state index >= 15 is 0 Å². The Hall–Kier alpha value is -0.730. The Labute approximate surface area is 128 Å². The average molecular weight is 331 g/mol. The van der Waals surface area contributed by atoms with Crippen LogP contribution in [0, 0.1) is 6.92 Å². The number of likely N-dealkylation sites (N-methyl/N-ethyl adjacent to an activating group) is 1. The van der Waals surface area contributed by atoms with Gasteiger partial charge in [-0.2, -0.15) is 0 Å². The van der Waals surface area contributed by atoms with E-state index in [4.69, 9.17) is 0 Å². The van der Waals surface area contributed by atoms with E-state index in [9.17, 15) is 8.42 Å². The summed E-state index contributed by atoms with van der Waals surface area (Å²) in [5.74, 6) is 0. The van der Waals surface area contributed by atoms with Crippen molar-refractivity contribution in [1.82, 2.24) is 9.62 Å². The first-order chi connectivity index (χ1) is 9.40. The molecule has 2 aromatic rings. The molecule has 1 atom stereocenters. The lowest BCUT2D eigenvalue weighted by Gasteiger charge is -2.23. The fourth-order valence-corrected chi connectivity index (χ4v) is 5.12. The minimum atomic E-state index is -3.41. The molecule has 0 unspecified atom stereocenters. The highest BCUT2D eigenvalue weighted by atomic mass is 32.2. The second kappa shape index (κ2) is 6.36. The SMILES string of the molecule is Cc1ccc(S(=O)(=O)NC[C@H](c2cccs2)N(C)C)s1. The van der Waals surface area contributed by atoms with Crippen molar-refractivity contribution in [3.8, 4) is 0 Å². The normalized spacial score (nSPS) is 13.8. The number of aryl methyl sites for hydroxylation is 1. The summed E-state index contributed by atoms with van der Waals surface area (Å²) in [6, 6.07) is 7.53. The molecule has 0 aliphatic rings. The summed E-state index contributed by atoms with van der Waals surface area (Å²) in [6.45, 7) is 2.27. The number of rotatable bonds is 6. The first-order valence-electron chi connectivity index (χ1n) is 6.16. The molecule has 20 heavy (non-hydrogen) atoms. The van der Waals surface area contributed by atoms with Gasteiger partial charge in [0.2, 0.25) is 10.0 Å². The Morgan fingerprint density at radius 3 is 2.55 bits per heavy atom. The van der Waals surface area contributed by atoms with Crippen LogP contribution >= 0.6 is 22.7 Å². The molecule has 0 bridgehead atoms. The molecule has 0 aromatic carbocycles. The minimum Gasteiger partial charge on any atom is -0.300 e. The third-order valence-electron chi connectivity index (χ3n) is 2.94. The van der Waals surface area contributed by atoms with Gasteiger partial charge in [-0.1, -0.05) is 6.07 Å². The van der Waals surface area contributed by atoms with Gasteiger partial charge in [0, 0.05) is 16.3 Å². The molecule has 0 spiro atoms. The topological polar surface area (TPSA) is 49.4 Å². The van der Waals surface area contributed by atoms with E-state index in [0.717, 1.165) is 9.75 Å². The maximum absolute atomic E-state index is 12.2. The molecule has 0 aliphatic carbocycles. The zero-order valence-corrected chi connectivity index (χ0v) is 14.1. The van der Waals surface area contributed by atoms with E-state index in [1.165, 1.54) is 11.3 Å². The number of thiophene rings is 2. The predicted octanol–water partition coefficient (Wildman–Crippen LogP) is 2.70. The molecule has 2 rings (SSSR count). The van der Waals surface area contributed by atoms with Crippen molar-refractivity contribution in [3.05, 3.63) is 39.4 Å². The van der Waals surface area contributed by atoms with Crippen molar-refractivity contribution in [1.29, 1.82) is 0 Å². The molecule has 0 radical (unpaired) electrons. The Balaban J connectivity index is 2.10. The number of hydrogen-bond donors (Lipinski definition) is 1. The molecule has 4 nitrogen and oxygen atoms in total. The Morgan fingerprint density at radius 2 is 2.05 bits per heavy atom. The van der Waals surface area contributed by atoms with E-state index < -0.39 is 10.0 Å². The quantitative estimate of drug-likeness (QED) is 0.886. The minimum absolute atomic E-state index is 0.0471. The highest BCUT2D eigenvalue weighted by Gasteiger charge is 2.21. The number of nitrogens with one attached hydrogen (secondary N) is 1. The van der Waals surface area contributed by atoms with Gasteiger partial charge in [-0.3, -0.25) is 0 Å². The highest BCUT2D eigenvalue weighted by molar-refractivity contribution is 7.91. The van der Waals surface area contributed by atoms with Crippen LogP contribution in [-0.4, -0.2) is 34.0 Å². The molecular weight excluding hydrogens is 312 g/mol. The molecule has 2 heterocycles. The Morgan fingerprint density at radius 1 is 1.30 bits per heavy atom. The fraction of sp³-hybridized carbons (Fsp3) is 0.385. The maximum atomic E-state index is 12.2. The van der Waals surface area contributed by atoms with Crippen molar-refractivity contribution in [2.24, 2.45) is 0 Å². The lowest BCUT2D eigenvalue weighted by atomic mass is 10.2. The predicted molar refractivity (Wildman–Crippen MR) is 85.0 cm³/mol. The second-order valence-corrected chi connectivity index (χ2v) is 8.97. The first kappa shape index (κ1) is 15.7. The van der Waals surface area contributed by atoms with E-state index in [1.807, 2.05) is 49.5 Å². The highest BCUT2D eigenvalue weighted by Crippen LogP contribution is 2.24. The summed E-state index contributed by atoms with van der Waals surface area (Å²) < 4.78 is 27.5. The Bertz CT molecular complexity index is 645. The van der Waals surface area contributed by atoms with E-state index in [0.29, 0.717) is 10.8 Å². The van der Waals surface area contributed by atoms with Gasteiger partial charge in [-0.15, -0.1) is 22.7 Å². The summed E-state index contributed by atoms with van der Waals surface area (Å²) in [7, 11) is 0.492. The van der Waals surface area contributed by atoms with Gasteiger partial charge in [0.1, 0.15) is 4.21 Å². The third-order valence-corrected chi connectivity index (χ3v) is 6.83. The van der Waals surface area contributed by atoms with Crippen LogP contribution in [0.2, 0.25) is 0 Å². The van der Waals surface area contributed by atoms with Crippen molar-refractivity contribution in [2.45, 2.75) is 17.2 Å². The molecule has 0 saturated heterocycles. The molecule has 2 aromatic heterocycles. The monoisotopic (exact) mass is 330 g/mol. The summed E-state index contributed by atoms with van der Waals surface area (Å²) in [6.07, 6.45) is 0. The second-order valence-electron chi connectivity index (χ2n) is 4.71. The summed E-state index contributed by atoms with van der Waals surface area (Å²) >= 11 is 2.93. The van der Waals surface area contributed by atoms with Crippen LogP contribution in [0.15, 0.2) is 33.9 Å². The lowest BCUT2D eigenvalue weighted by molar-refractivity contribution is 0.303. The van der Waals surface area contributed by atoms with E-state index in [-0.39, 0.29) is 6.04 Å². The van der Waals surface area contributed by atoms with Gasteiger partial charge in [-0.25, -0.2) is 13.1 Å². The van der Waals surface area contributed by atoms with Crippen LogP contribution in [-0.2, 0) is 10.0 Å². The van der Waals surface area contributed by atoms with Crippen molar-refractivity contribution >= 4 is 32.7 Å². The van der Waals surface area contributed by atoms with Crippen LogP contribution in [0.25, 0.3) is 0 Å². The van der Waals surface area contributed by atoms with Gasteiger partial charge in [0.15, 0.2) is 0 Å². The van der Waals surface area contributed by atoms with E-state index in [1.54, 1.807) is 17.4 Å². The van der Waals surface area contributed by atoms with E-state index in [2.05, 4.69) is 4.72 Å². The Kier molecular flexibility index (Phi) is 4.98. The average Bonchev–Trinajstić information content (AvgIpc) is 3.00. The van der Waals surface area contributed by atoms with Gasteiger partial charge in [0.05, 0.1) is 6.04 Å². The van der Waals surface area contributed by atoms with Crippen LogP contribution < -0.4 is 4.72 Å². The molecule has 0 amide bonds. The largest absolute Gasteiger partial charge is 0.300 e. The van der Waals surface area contributed by atoms with Gasteiger partial charge < -0.3 is 4.90 Å². The molecular formula is C13H18N2O2S3. The maximum Gasteiger partial charge on any atom is 0.250 e. The van der Waals surface area contributed by atoms with Crippen LogP contribution in [0.1, 0.15) is 15.8 Å². The molecule has 7 heteroatoms. The smallest absolute Gasteiger partial charge is 0.250 e. The first-order valence-corrected chi connectivity index (χ1v) is 9.34. The number of sulfonamides is 1. The van der Waals surface area contributed by atoms with Crippen molar-refractivity contribution in [2.75, 3.05) is 20.6 Å². The molecule has 110 valence electrons. The van der Waals surface area contributed by atoms with Gasteiger partial charge in [-0.05, 0) is 44.6 Å². The standard InChI is InChI=1S/C13H18N2O2S3/c1-10-6-7-13(19-10)20(16,17)14-9-11(15(2)3)12-5-4-8-18-12/h4-8,11,14H,9H2,1-3H3/t11-/m1/s1. The van der Waals surface area contributed by atoms with Crippen molar-refractivity contribution in [3.63, 3.8) is 0 Å². The van der Waals surface area contributed by atoms with Gasteiger partial charge in [0.25, 0.3) is 0 Å². The van der Waals surface area contributed by atoms with Gasteiger partial charge >= 0.3 is 0 Å². The molecule has 1 N–H and O–H groups in total. The fourth-order valence-electron chi connectivity index (χ4n) is 1.83. The third kappa shape index (κ3) is 3.67. The number of nitrogens with zero attached hydrogens (tertiary/aromatic N) is 1. The van der Waals surface area contributed by atoms with Crippen LogP contribution in [0.5, 0.6) is 0 Å². The van der Waals surface area contributed by atoms with Crippen molar-refractivity contribution < 1.29 is 8.42 Å². The molecule has 0 fully saturated rings. The zero-order chi connectivity index (χ0) is 14.8. The summed E-state index contributed by atoms with van der Waals surface area (Å²) in [5.41, 5.74) is 0. The summed E-state index contributed by atoms with van der Waals surface area (Å²) in [5, 5.41) is 2.00. The number of hydrogen-bond acceptors (Lipinski definition) is 5. The molecule has 0 aliphatic heterocycles. The van der Waals surface area contributed by atoms with Crippen LogP contribution in [0.3, 0.4) is 0 Å². The summed E-state index contributed by atoms with van der Waals surface area (Å²) in [4.78, 5) is 4.17. The molecule has 0 saturated carbocycles. The zero-order valence-electron chi connectivity index (χ0n) is 11.7. The lowest BCUT2D eigenvalue weighted by Crippen LogP contribution is -2.33.